The van der Waals surface area contributed by atoms with Crippen LogP contribution in [-0.2, 0) is 13.0 Å². The van der Waals surface area contributed by atoms with E-state index in [1.165, 1.54) is 0 Å². The third-order valence-corrected chi connectivity index (χ3v) is 11.9. The Morgan fingerprint density at radius 3 is 1.90 bits per heavy atom. The SMILES string of the molecule is CN(C)CC(O)COC[Si](C)(C)O[Si](C)(C)O[Si](C)(C)C. The third-order valence-electron chi connectivity index (χ3n) is 2.41. The maximum Gasteiger partial charge on any atom is 0.311 e. The van der Waals surface area contributed by atoms with Crippen molar-refractivity contribution in [2.75, 3.05) is 33.5 Å². The van der Waals surface area contributed by atoms with Gasteiger partial charge in [0.2, 0.25) is 8.32 Å². The van der Waals surface area contributed by atoms with E-state index in [1.807, 2.05) is 19.0 Å². The molecule has 5 nitrogen and oxygen atoms in total. The van der Waals surface area contributed by atoms with E-state index in [0.29, 0.717) is 19.4 Å². The molecule has 0 amide bonds. The van der Waals surface area contributed by atoms with Gasteiger partial charge in [0.1, 0.15) is 0 Å². The third kappa shape index (κ3) is 12.7. The number of nitrogens with zero attached hydrogens (tertiary/aromatic N) is 1. The van der Waals surface area contributed by atoms with Gasteiger partial charge < -0.3 is 23.0 Å². The predicted molar refractivity (Wildman–Crippen MR) is 95.9 cm³/mol. The summed E-state index contributed by atoms with van der Waals surface area (Å²) in [6.07, 6.45) is 0.136. The lowest BCUT2D eigenvalue weighted by Crippen LogP contribution is -2.53. The summed E-state index contributed by atoms with van der Waals surface area (Å²) >= 11 is 0. The molecule has 0 aliphatic carbocycles. The quantitative estimate of drug-likeness (QED) is 0.610. The summed E-state index contributed by atoms with van der Waals surface area (Å²) < 4.78 is 18.2. The van der Waals surface area contributed by atoms with E-state index in [1.54, 1.807) is 0 Å². The highest BCUT2D eigenvalue weighted by atomic mass is 28.5. The molecule has 0 spiro atoms. The van der Waals surface area contributed by atoms with Crippen LogP contribution in [0.4, 0.5) is 0 Å². The summed E-state index contributed by atoms with van der Waals surface area (Å²) in [4.78, 5) is 1.95. The highest BCUT2D eigenvalue weighted by molar-refractivity contribution is 6.87. The molecule has 1 atom stereocenters. The fourth-order valence-electron chi connectivity index (χ4n) is 2.37. The number of hydrogen-bond donors (Lipinski definition) is 1. The fraction of sp³-hybridized carbons (Fsp3) is 1.00. The smallest absolute Gasteiger partial charge is 0.311 e. The minimum absolute atomic E-state index is 0.356. The molecule has 0 aliphatic heterocycles. The Kier molecular flexibility index (Phi) is 8.52. The van der Waals surface area contributed by atoms with Gasteiger partial charge in [-0.15, -0.1) is 0 Å². The maximum atomic E-state index is 9.80. The normalized spacial score (nSPS) is 15.6. The van der Waals surface area contributed by atoms with Crippen molar-refractivity contribution in [3.63, 3.8) is 0 Å². The van der Waals surface area contributed by atoms with Crippen LogP contribution in [0.1, 0.15) is 0 Å². The van der Waals surface area contributed by atoms with Crippen LogP contribution in [-0.4, -0.2) is 74.8 Å². The van der Waals surface area contributed by atoms with Crippen molar-refractivity contribution in [1.29, 1.82) is 0 Å². The molecule has 1 N–H and O–H groups in total. The summed E-state index contributed by atoms with van der Waals surface area (Å²) in [5, 5.41) is 9.80. The number of ether oxygens (including phenoxy) is 1. The minimum Gasteiger partial charge on any atom is -0.437 e. The predicted octanol–water partition coefficient (Wildman–Crippen LogP) is 2.24. The van der Waals surface area contributed by atoms with Gasteiger partial charge in [0.25, 0.3) is 0 Å². The van der Waals surface area contributed by atoms with E-state index in [9.17, 15) is 5.11 Å². The van der Waals surface area contributed by atoms with Gasteiger partial charge in [-0.1, -0.05) is 0 Å². The first-order valence-electron chi connectivity index (χ1n) is 7.53. The molecule has 128 valence electrons. The zero-order chi connectivity index (χ0) is 16.9. The summed E-state index contributed by atoms with van der Waals surface area (Å²) in [6, 6.07) is 0. The average Bonchev–Trinajstić information content (AvgIpc) is 2.08. The van der Waals surface area contributed by atoms with Gasteiger partial charge in [-0.05, 0) is 59.9 Å². The highest BCUT2D eigenvalue weighted by Gasteiger charge is 2.38. The Morgan fingerprint density at radius 1 is 0.952 bits per heavy atom. The molecule has 0 bridgehead atoms. The highest BCUT2D eigenvalue weighted by Crippen LogP contribution is 2.20. The van der Waals surface area contributed by atoms with E-state index in [4.69, 9.17) is 13.0 Å². The molecule has 0 aliphatic rings. The Balaban J connectivity index is 4.24. The summed E-state index contributed by atoms with van der Waals surface area (Å²) in [7, 11) is -1.75. The first-order chi connectivity index (χ1) is 9.22. The van der Waals surface area contributed by atoms with Crippen molar-refractivity contribution in [1.82, 2.24) is 4.90 Å². The van der Waals surface area contributed by atoms with Crippen molar-refractivity contribution < 1.29 is 18.1 Å². The molecule has 21 heavy (non-hydrogen) atoms. The fourth-order valence-corrected chi connectivity index (χ4v) is 15.0. The van der Waals surface area contributed by atoms with Crippen LogP contribution in [0.15, 0.2) is 0 Å². The topological polar surface area (TPSA) is 51.2 Å². The van der Waals surface area contributed by atoms with Crippen LogP contribution in [0.3, 0.4) is 0 Å². The molecule has 0 fully saturated rings. The number of aliphatic hydroxyl groups excluding tert-OH is 1. The molecule has 0 aromatic rings. The summed E-state index contributed by atoms with van der Waals surface area (Å²) in [6.45, 7) is 16.1. The Bertz CT molecular complexity index is 306. The lowest BCUT2D eigenvalue weighted by molar-refractivity contribution is 0.0365. The van der Waals surface area contributed by atoms with Crippen molar-refractivity contribution in [3.05, 3.63) is 0 Å². The van der Waals surface area contributed by atoms with Crippen LogP contribution < -0.4 is 0 Å². The van der Waals surface area contributed by atoms with Crippen LogP contribution in [0.25, 0.3) is 0 Å². The lowest BCUT2D eigenvalue weighted by atomic mass is 10.4. The maximum absolute atomic E-state index is 9.80. The number of hydrogen-bond acceptors (Lipinski definition) is 5. The van der Waals surface area contributed by atoms with Crippen LogP contribution in [0.5, 0.6) is 0 Å². The van der Waals surface area contributed by atoms with E-state index in [0.717, 1.165) is 0 Å². The van der Waals surface area contributed by atoms with Gasteiger partial charge in [0.05, 0.1) is 18.9 Å². The van der Waals surface area contributed by atoms with Gasteiger partial charge in [0.15, 0.2) is 8.32 Å². The Labute approximate surface area is 134 Å². The number of rotatable bonds is 10. The zero-order valence-electron chi connectivity index (χ0n) is 15.3. The molecule has 0 heterocycles. The minimum atomic E-state index is -2.10. The van der Waals surface area contributed by atoms with Crippen molar-refractivity contribution in [2.45, 2.75) is 51.9 Å². The van der Waals surface area contributed by atoms with E-state index in [2.05, 4.69) is 45.8 Å². The average molecular weight is 354 g/mol. The van der Waals surface area contributed by atoms with E-state index >= 15 is 0 Å². The molecular weight excluding hydrogens is 318 g/mol. The van der Waals surface area contributed by atoms with E-state index in [-0.39, 0.29) is 0 Å². The second-order valence-electron chi connectivity index (χ2n) is 7.91. The van der Waals surface area contributed by atoms with Crippen molar-refractivity contribution in [3.8, 4) is 0 Å². The largest absolute Gasteiger partial charge is 0.437 e. The molecule has 0 saturated carbocycles. The number of aliphatic hydroxyl groups is 1. The van der Waals surface area contributed by atoms with Crippen LogP contribution in [0, 0.1) is 0 Å². The zero-order valence-corrected chi connectivity index (χ0v) is 18.3. The first kappa shape index (κ1) is 21.5. The second-order valence-corrected chi connectivity index (χ2v) is 20.4. The van der Waals surface area contributed by atoms with Crippen molar-refractivity contribution in [2.24, 2.45) is 0 Å². The summed E-state index contributed by atoms with van der Waals surface area (Å²) in [5.41, 5.74) is 0. The Hall–Kier alpha value is 0.451. The van der Waals surface area contributed by atoms with Crippen LogP contribution in [0.2, 0.25) is 45.8 Å². The summed E-state index contributed by atoms with van der Waals surface area (Å²) in [5.74, 6) is 0. The van der Waals surface area contributed by atoms with Gasteiger partial charge in [-0.3, -0.25) is 0 Å². The van der Waals surface area contributed by atoms with Crippen molar-refractivity contribution >= 4 is 25.2 Å². The molecule has 0 radical (unpaired) electrons. The van der Waals surface area contributed by atoms with E-state index < -0.39 is 31.3 Å². The van der Waals surface area contributed by atoms with Crippen LogP contribution >= 0.6 is 0 Å². The van der Waals surface area contributed by atoms with Gasteiger partial charge in [-0.2, -0.15) is 0 Å². The Morgan fingerprint density at radius 2 is 1.48 bits per heavy atom. The van der Waals surface area contributed by atoms with Gasteiger partial charge in [-0.25, -0.2) is 0 Å². The monoisotopic (exact) mass is 353 g/mol. The first-order valence-corrected chi connectivity index (χ1v) is 16.9. The van der Waals surface area contributed by atoms with Gasteiger partial charge in [0, 0.05) is 6.54 Å². The lowest BCUT2D eigenvalue weighted by Gasteiger charge is -2.37. The molecule has 8 heteroatoms. The molecule has 0 aromatic heterocycles. The molecule has 0 saturated heterocycles. The standard InChI is InChI=1S/C13H35NO4Si3/c1-14(2)10-13(15)11-16-12-20(6,7)18-21(8,9)17-19(3,4)5/h13,15H,10-12H2,1-9H3. The number of likely N-dealkylation sites (N-methyl/N-ethyl adjacent to an activating group) is 1. The molecule has 0 rings (SSSR count). The molecular formula is C13H35NO4Si3. The second kappa shape index (κ2) is 8.34. The molecule has 1 unspecified atom stereocenters. The van der Waals surface area contributed by atoms with Gasteiger partial charge >= 0.3 is 8.56 Å². The molecule has 0 aromatic carbocycles.